The fraction of sp³-hybridized carbons (Fsp3) is 0.0909. The minimum atomic E-state index is -0.369. The summed E-state index contributed by atoms with van der Waals surface area (Å²) in [5.41, 5.74) is 9.72. The van der Waals surface area contributed by atoms with Gasteiger partial charge in [-0.15, -0.1) is 0 Å². The highest BCUT2D eigenvalue weighted by Gasteiger charge is 2.23. The highest BCUT2D eigenvalue weighted by Crippen LogP contribution is 2.30. The Morgan fingerprint density at radius 1 is 1.10 bits per heavy atom. The van der Waals surface area contributed by atoms with Crippen LogP contribution in [0.4, 0.5) is 11.4 Å². The van der Waals surface area contributed by atoms with Crippen molar-refractivity contribution in [2.75, 3.05) is 18.2 Å². The molecule has 1 aromatic carbocycles. The topological polar surface area (TPSA) is 116 Å². The van der Waals surface area contributed by atoms with E-state index in [2.05, 4.69) is 20.4 Å². The molecule has 0 unspecified atom stereocenters. The third kappa shape index (κ3) is 3.70. The highest BCUT2D eigenvalue weighted by atomic mass is 16.5. The van der Waals surface area contributed by atoms with Crippen LogP contribution in [0.5, 0.6) is 5.88 Å². The number of nitrogen functional groups attached to an aromatic ring is 1. The molecule has 30 heavy (non-hydrogen) atoms. The molecule has 0 spiro atoms. The van der Waals surface area contributed by atoms with E-state index >= 15 is 0 Å². The standard InChI is InChI=1S/C22H19N5O3/c1-13-19(20(27-30-13)14-6-4-3-5-7-14)21(28)25-18-9-8-17(26-22(18)29-2)15-10-16(23)12-24-11-15/h3-12H,23H2,1-2H3,(H,25,28). The zero-order chi connectivity index (χ0) is 21.1. The van der Waals surface area contributed by atoms with Gasteiger partial charge in [0.1, 0.15) is 22.7 Å². The smallest absolute Gasteiger partial charge is 0.261 e. The number of amides is 1. The summed E-state index contributed by atoms with van der Waals surface area (Å²) in [7, 11) is 1.49. The first-order valence-electron chi connectivity index (χ1n) is 9.16. The van der Waals surface area contributed by atoms with Crippen LogP contribution in [-0.2, 0) is 0 Å². The van der Waals surface area contributed by atoms with E-state index in [0.717, 1.165) is 11.1 Å². The molecule has 1 amide bonds. The van der Waals surface area contributed by atoms with Crippen LogP contribution >= 0.6 is 0 Å². The van der Waals surface area contributed by atoms with Gasteiger partial charge in [-0.3, -0.25) is 9.78 Å². The molecular formula is C22H19N5O3. The lowest BCUT2D eigenvalue weighted by molar-refractivity contribution is 0.102. The minimum Gasteiger partial charge on any atom is -0.479 e. The largest absolute Gasteiger partial charge is 0.479 e. The summed E-state index contributed by atoms with van der Waals surface area (Å²) in [5.74, 6) is 0.311. The van der Waals surface area contributed by atoms with Crippen molar-refractivity contribution in [2.45, 2.75) is 6.92 Å². The Labute approximate surface area is 172 Å². The Hall–Kier alpha value is -4.20. The first-order valence-corrected chi connectivity index (χ1v) is 9.16. The number of aromatic nitrogens is 3. The molecule has 0 radical (unpaired) electrons. The van der Waals surface area contributed by atoms with Gasteiger partial charge in [-0.25, -0.2) is 4.98 Å². The van der Waals surface area contributed by atoms with Crippen molar-refractivity contribution in [3.63, 3.8) is 0 Å². The van der Waals surface area contributed by atoms with E-state index in [1.807, 2.05) is 30.3 Å². The third-order valence-electron chi connectivity index (χ3n) is 4.49. The van der Waals surface area contributed by atoms with E-state index in [1.165, 1.54) is 7.11 Å². The zero-order valence-corrected chi connectivity index (χ0v) is 16.4. The van der Waals surface area contributed by atoms with Crippen molar-refractivity contribution in [3.8, 4) is 28.4 Å². The summed E-state index contributed by atoms with van der Waals surface area (Å²) in [4.78, 5) is 21.6. The average molecular weight is 401 g/mol. The molecule has 8 heteroatoms. The monoisotopic (exact) mass is 401 g/mol. The lowest BCUT2D eigenvalue weighted by atomic mass is 10.1. The van der Waals surface area contributed by atoms with Gasteiger partial charge in [-0.1, -0.05) is 35.5 Å². The number of benzene rings is 1. The Bertz CT molecular complexity index is 1200. The van der Waals surface area contributed by atoms with Crippen molar-refractivity contribution in [2.24, 2.45) is 0 Å². The number of carbonyl (C=O) groups excluding carboxylic acids is 1. The molecule has 8 nitrogen and oxygen atoms in total. The molecule has 0 aliphatic heterocycles. The number of rotatable bonds is 5. The fourth-order valence-electron chi connectivity index (χ4n) is 3.07. The van der Waals surface area contributed by atoms with Crippen LogP contribution in [0.15, 0.2) is 65.4 Å². The first-order chi connectivity index (χ1) is 14.6. The van der Waals surface area contributed by atoms with E-state index < -0.39 is 0 Å². The lowest BCUT2D eigenvalue weighted by Gasteiger charge is -2.11. The molecule has 0 bridgehead atoms. The molecule has 3 heterocycles. The molecule has 0 aliphatic carbocycles. The summed E-state index contributed by atoms with van der Waals surface area (Å²) in [5, 5.41) is 6.89. The van der Waals surface area contributed by atoms with Crippen LogP contribution in [-0.4, -0.2) is 28.1 Å². The molecule has 0 fully saturated rings. The lowest BCUT2D eigenvalue weighted by Crippen LogP contribution is -2.14. The molecule has 150 valence electrons. The van der Waals surface area contributed by atoms with Gasteiger partial charge in [0.15, 0.2) is 0 Å². The maximum atomic E-state index is 13.0. The fourth-order valence-corrected chi connectivity index (χ4v) is 3.07. The van der Waals surface area contributed by atoms with Gasteiger partial charge in [0.25, 0.3) is 5.91 Å². The molecule has 3 aromatic heterocycles. The van der Waals surface area contributed by atoms with Crippen molar-refractivity contribution in [3.05, 3.63) is 72.2 Å². The van der Waals surface area contributed by atoms with E-state index in [0.29, 0.717) is 34.1 Å². The van der Waals surface area contributed by atoms with Crippen molar-refractivity contribution >= 4 is 17.3 Å². The SMILES string of the molecule is COc1nc(-c2cncc(N)c2)ccc1NC(=O)c1c(-c2ccccc2)noc1C. The Morgan fingerprint density at radius 2 is 1.90 bits per heavy atom. The number of methoxy groups -OCH3 is 1. The van der Waals surface area contributed by atoms with Gasteiger partial charge in [-0.2, -0.15) is 0 Å². The van der Waals surface area contributed by atoms with Crippen LogP contribution in [0.25, 0.3) is 22.5 Å². The van der Waals surface area contributed by atoms with Gasteiger partial charge in [0.2, 0.25) is 5.88 Å². The second-order valence-corrected chi connectivity index (χ2v) is 6.54. The normalized spacial score (nSPS) is 10.6. The minimum absolute atomic E-state index is 0.263. The summed E-state index contributed by atoms with van der Waals surface area (Å²) in [6.07, 6.45) is 3.21. The van der Waals surface area contributed by atoms with E-state index in [9.17, 15) is 4.79 Å². The highest BCUT2D eigenvalue weighted by molar-refractivity contribution is 6.09. The Kier molecular flexibility index (Phi) is 5.13. The third-order valence-corrected chi connectivity index (χ3v) is 4.49. The number of hydrogen-bond donors (Lipinski definition) is 2. The summed E-state index contributed by atoms with van der Waals surface area (Å²) in [6, 6.07) is 14.6. The van der Waals surface area contributed by atoms with Crippen molar-refractivity contribution in [1.29, 1.82) is 0 Å². The number of aryl methyl sites for hydroxylation is 1. The molecule has 0 saturated heterocycles. The number of pyridine rings is 2. The second kappa shape index (κ2) is 8.04. The Balaban J connectivity index is 1.65. The van der Waals surface area contributed by atoms with Gasteiger partial charge in [0.05, 0.1) is 18.5 Å². The summed E-state index contributed by atoms with van der Waals surface area (Å²) in [6.45, 7) is 1.69. The van der Waals surface area contributed by atoms with Crippen LogP contribution in [0.1, 0.15) is 16.1 Å². The van der Waals surface area contributed by atoms with Crippen molar-refractivity contribution < 1.29 is 14.1 Å². The van der Waals surface area contributed by atoms with Gasteiger partial charge in [0, 0.05) is 23.5 Å². The molecular weight excluding hydrogens is 382 g/mol. The molecule has 0 atom stereocenters. The number of hydrogen-bond acceptors (Lipinski definition) is 7. The molecule has 4 aromatic rings. The molecule has 0 saturated carbocycles. The van der Waals surface area contributed by atoms with Crippen LogP contribution in [0.3, 0.4) is 0 Å². The molecule has 0 aliphatic rings. The van der Waals surface area contributed by atoms with E-state index in [-0.39, 0.29) is 11.8 Å². The number of ether oxygens (including phenoxy) is 1. The first kappa shape index (κ1) is 19.1. The van der Waals surface area contributed by atoms with Gasteiger partial charge < -0.3 is 20.3 Å². The second-order valence-electron chi connectivity index (χ2n) is 6.54. The zero-order valence-electron chi connectivity index (χ0n) is 16.4. The number of nitrogens with zero attached hydrogens (tertiary/aromatic N) is 3. The van der Waals surface area contributed by atoms with Crippen LogP contribution in [0.2, 0.25) is 0 Å². The summed E-state index contributed by atoms with van der Waals surface area (Å²) < 4.78 is 10.7. The number of nitrogens with one attached hydrogen (secondary N) is 1. The van der Waals surface area contributed by atoms with E-state index in [4.69, 9.17) is 15.0 Å². The van der Waals surface area contributed by atoms with Crippen LogP contribution in [0, 0.1) is 6.92 Å². The van der Waals surface area contributed by atoms with Crippen molar-refractivity contribution in [1.82, 2.24) is 15.1 Å². The molecule has 4 rings (SSSR count). The van der Waals surface area contributed by atoms with E-state index in [1.54, 1.807) is 37.5 Å². The number of nitrogens with two attached hydrogens (primary N) is 1. The Morgan fingerprint density at radius 3 is 2.63 bits per heavy atom. The summed E-state index contributed by atoms with van der Waals surface area (Å²) >= 11 is 0. The van der Waals surface area contributed by atoms with Gasteiger partial charge >= 0.3 is 0 Å². The predicted molar refractivity (Wildman–Crippen MR) is 113 cm³/mol. The maximum Gasteiger partial charge on any atom is 0.261 e. The maximum absolute atomic E-state index is 13.0. The predicted octanol–water partition coefficient (Wildman–Crippen LogP) is 3.95. The number of carbonyl (C=O) groups is 1. The quantitative estimate of drug-likeness (QED) is 0.520. The van der Waals surface area contributed by atoms with Gasteiger partial charge in [-0.05, 0) is 25.1 Å². The van der Waals surface area contributed by atoms with Crippen LogP contribution < -0.4 is 15.8 Å². The average Bonchev–Trinajstić information content (AvgIpc) is 3.16. The number of anilines is 2. The molecule has 3 N–H and O–H groups in total.